The molecule has 0 amide bonds. The van der Waals surface area contributed by atoms with E-state index in [-0.39, 0.29) is 0 Å². The summed E-state index contributed by atoms with van der Waals surface area (Å²) in [5, 5.41) is 11.2. The minimum absolute atomic E-state index is 0.961. The predicted octanol–water partition coefficient (Wildman–Crippen LogP) is 0.840. The molecule has 0 atom stereocenters. The second kappa shape index (κ2) is 5.70. The topological polar surface area (TPSA) is 42.7 Å². The standard InChI is InChI=1S/C9H18N4/c1-3-4-7-13-8-9(11-12-13)5-6-10-2/h8,10H,3-7H2,1-2H3. The van der Waals surface area contributed by atoms with E-state index in [0.717, 1.165) is 25.2 Å². The fourth-order valence-electron chi connectivity index (χ4n) is 1.14. The van der Waals surface area contributed by atoms with Crippen LogP contribution < -0.4 is 5.32 Å². The number of hydrogen-bond acceptors (Lipinski definition) is 3. The zero-order chi connectivity index (χ0) is 9.52. The Morgan fingerprint density at radius 2 is 2.38 bits per heavy atom. The lowest BCUT2D eigenvalue weighted by molar-refractivity contribution is 0.553. The summed E-state index contributed by atoms with van der Waals surface area (Å²) in [4.78, 5) is 0. The van der Waals surface area contributed by atoms with Crippen LogP contribution >= 0.6 is 0 Å². The van der Waals surface area contributed by atoms with Gasteiger partial charge in [-0.1, -0.05) is 18.6 Å². The van der Waals surface area contributed by atoms with Gasteiger partial charge in [0.15, 0.2) is 0 Å². The van der Waals surface area contributed by atoms with Crippen LogP contribution in [0.4, 0.5) is 0 Å². The largest absolute Gasteiger partial charge is 0.319 e. The summed E-state index contributed by atoms with van der Waals surface area (Å²) < 4.78 is 1.93. The van der Waals surface area contributed by atoms with Crippen LogP contribution in [-0.4, -0.2) is 28.6 Å². The highest BCUT2D eigenvalue weighted by Gasteiger charge is 1.98. The molecule has 1 N–H and O–H groups in total. The van der Waals surface area contributed by atoms with Crippen molar-refractivity contribution in [3.05, 3.63) is 11.9 Å². The third-order valence-electron chi connectivity index (χ3n) is 1.96. The van der Waals surface area contributed by atoms with Crippen LogP contribution in [0.25, 0.3) is 0 Å². The van der Waals surface area contributed by atoms with Crippen molar-refractivity contribution in [3.63, 3.8) is 0 Å². The third-order valence-corrected chi connectivity index (χ3v) is 1.96. The summed E-state index contributed by atoms with van der Waals surface area (Å²) in [5.41, 5.74) is 1.07. The maximum Gasteiger partial charge on any atom is 0.0839 e. The van der Waals surface area contributed by atoms with Crippen molar-refractivity contribution in [2.45, 2.75) is 32.7 Å². The molecule has 4 heteroatoms. The van der Waals surface area contributed by atoms with Crippen molar-refractivity contribution < 1.29 is 0 Å². The summed E-state index contributed by atoms with van der Waals surface area (Å²) >= 11 is 0. The van der Waals surface area contributed by atoms with Gasteiger partial charge in [-0.25, -0.2) is 0 Å². The lowest BCUT2D eigenvalue weighted by atomic mass is 10.3. The van der Waals surface area contributed by atoms with Crippen molar-refractivity contribution >= 4 is 0 Å². The first kappa shape index (κ1) is 10.2. The predicted molar refractivity (Wildman–Crippen MR) is 52.6 cm³/mol. The van der Waals surface area contributed by atoms with Crippen LogP contribution in [0, 0.1) is 0 Å². The molecule has 0 radical (unpaired) electrons. The molecular formula is C9H18N4. The van der Waals surface area contributed by atoms with Crippen molar-refractivity contribution in [2.75, 3.05) is 13.6 Å². The van der Waals surface area contributed by atoms with E-state index in [0.29, 0.717) is 0 Å². The molecule has 0 spiro atoms. The van der Waals surface area contributed by atoms with Crippen LogP contribution in [0.2, 0.25) is 0 Å². The maximum atomic E-state index is 4.08. The molecule has 0 bridgehead atoms. The number of rotatable bonds is 6. The number of nitrogens with one attached hydrogen (secondary N) is 1. The molecule has 0 saturated carbocycles. The molecule has 0 aliphatic carbocycles. The zero-order valence-electron chi connectivity index (χ0n) is 8.45. The Hall–Kier alpha value is -0.900. The van der Waals surface area contributed by atoms with Crippen molar-refractivity contribution in [1.82, 2.24) is 20.3 Å². The first-order chi connectivity index (χ1) is 6.36. The lowest BCUT2D eigenvalue weighted by Gasteiger charge is -1.95. The average molecular weight is 182 g/mol. The van der Waals surface area contributed by atoms with Crippen molar-refractivity contribution in [2.24, 2.45) is 0 Å². The van der Waals surface area contributed by atoms with Gasteiger partial charge in [0.1, 0.15) is 0 Å². The average Bonchev–Trinajstić information content (AvgIpc) is 2.59. The SMILES string of the molecule is CCCCn1cc(CCNC)nn1. The third kappa shape index (κ3) is 3.55. The van der Waals surface area contributed by atoms with E-state index < -0.39 is 0 Å². The van der Waals surface area contributed by atoms with E-state index in [1.54, 1.807) is 0 Å². The Morgan fingerprint density at radius 1 is 1.54 bits per heavy atom. The Balaban J connectivity index is 2.34. The molecule has 0 aliphatic rings. The smallest absolute Gasteiger partial charge is 0.0839 e. The molecule has 0 fully saturated rings. The fraction of sp³-hybridized carbons (Fsp3) is 0.778. The van der Waals surface area contributed by atoms with Crippen LogP contribution in [-0.2, 0) is 13.0 Å². The van der Waals surface area contributed by atoms with Gasteiger partial charge in [-0.05, 0) is 13.5 Å². The van der Waals surface area contributed by atoms with Gasteiger partial charge in [-0.15, -0.1) is 5.10 Å². The molecule has 1 aromatic heterocycles. The molecule has 4 nitrogen and oxygen atoms in total. The normalized spacial score (nSPS) is 10.6. The van der Waals surface area contributed by atoms with Crippen LogP contribution in [0.3, 0.4) is 0 Å². The Labute approximate surface area is 79.3 Å². The zero-order valence-corrected chi connectivity index (χ0v) is 8.45. The molecule has 0 unspecified atom stereocenters. The van der Waals surface area contributed by atoms with Gasteiger partial charge in [0, 0.05) is 25.7 Å². The molecule has 1 rings (SSSR count). The summed E-state index contributed by atoms with van der Waals surface area (Å²) in [5.74, 6) is 0. The van der Waals surface area contributed by atoms with E-state index in [9.17, 15) is 0 Å². The number of likely N-dealkylation sites (N-methyl/N-ethyl adjacent to an activating group) is 1. The fourth-order valence-corrected chi connectivity index (χ4v) is 1.14. The summed E-state index contributed by atoms with van der Waals surface area (Å²) in [6, 6.07) is 0. The van der Waals surface area contributed by atoms with Gasteiger partial charge in [0.2, 0.25) is 0 Å². The van der Waals surface area contributed by atoms with E-state index in [4.69, 9.17) is 0 Å². The van der Waals surface area contributed by atoms with E-state index >= 15 is 0 Å². The minimum Gasteiger partial charge on any atom is -0.319 e. The molecule has 74 valence electrons. The molecule has 0 aliphatic heterocycles. The van der Waals surface area contributed by atoms with Crippen LogP contribution in [0.1, 0.15) is 25.5 Å². The number of nitrogens with zero attached hydrogens (tertiary/aromatic N) is 3. The number of aromatic nitrogens is 3. The first-order valence-electron chi connectivity index (χ1n) is 4.90. The van der Waals surface area contributed by atoms with E-state index in [1.807, 2.05) is 17.9 Å². The Kier molecular flexibility index (Phi) is 4.46. The summed E-state index contributed by atoms with van der Waals surface area (Å²) in [6.45, 7) is 4.13. The highest BCUT2D eigenvalue weighted by atomic mass is 15.4. The molecule has 1 heterocycles. The van der Waals surface area contributed by atoms with Gasteiger partial charge in [0.25, 0.3) is 0 Å². The molecule has 0 saturated heterocycles. The van der Waals surface area contributed by atoms with Crippen molar-refractivity contribution in [3.8, 4) is 0 Å². The first-order valence-corrected chi connectivity index (χ1v) is 4.90. The van der Waals surface area contributed by atoms with E-state index in [2.05, 4.69) is 22.6 Å². The highest BCUT2D eigenvalue weighted by molar-refractivity contribution is 4.92. The summed E-state index contributed by atoms with van der Waals surface area (Å²) in [6.07, 6.45) is 5.37. The second-order valence-electron chi connectivity index (χ2n) is 3.18. The summed E-state index contributed by atoms with van der Waals surface area (Å²) in [7, 11) is 1.95. The molecular weight excluding hydrogens is 164 g/mol. The lowest BCUT2D eigenvalue weighted by Crippen LogP contribution is -2.10. The highest BCUT2D eigenvalue weighted by Crippen LogP contribution is 1.96. The van der Waals surface area contributed by atoms with Crippen LogP contribution in [0.5, 0.6) is 0 Å². The van der Waals surface area contributed by atoms with E-state index in [1.165, 1.54) is 12.8 Å². The second-order valence-corrected chi connectivity index (χ2v) is 3.18. The number of aryl methyl sites for hydroxylation is 1. The monoisotopic (exact) mass is 182 g/mol. The van der Waals surface area contributed by atoms with Gasteiger partial charge in [-0.2, -0.15) is 0 Å². The van der Waals surface area contributed by atoms with Crippen LogP contribution in [0.15, 0.2) is 6.20 Å². The Bertz CT molecular complexity index is 209. The number of hydrogen-bond donors (Lipinski definition) is 1. The van der Waals surface area contributed by atoms with Crippen molar-refractivity contribution in [1.29, 1.82) is 0 Å². The van der Waals surface area contributed by atoms with Gasteiger partial charge < -0.3 is 5.32 Å². The van der Waals surface area contributed by atoms with Gasteiger partial charge in [0.05, 0.1) is 5.69 Å². The van der Waals surface area contributed by atoms with Gasteiger partial charge >= 0.3 is 0 Å². The minimum atomic E-state index is 0.961. The maximum absolute atomic E-state index is 4.08. The number of unbranched alkanes of at least 4 members (excludes halogenated alkanes) is 1. The molecule has 0 aromatic carbocycles. The Morgan fingerprint density at radius 3 is 3.08 bits per heavy atom. The quantitative estimate of drug-likeness (QED) is 0.709. The van der Waals surface area contributed by atoms with Gasteiger partial charge in [-0.3, -0.25) is 4.68 Å². The molecule has 1 aromatic rings. The molecule has 13 heavy (non-hydrogen) atoms.